The number of benzene rings is 1. The van der Waals surface area contributed by atoms with Crippen molar-refractivity contribution in [3.8, 4) is 0 Å². The summed E-state index contributed by atoms with van der Waals surface area (Å²) in [5.74, 6) is -0.253. The summed E-state index contributed by atoms with van der Waals surface area (Å²) in [6, 6.07) is 5.30. The van der Waals surface area contributed by atoms with Crippen molar-refractivity contribution < 1.29 is 22.9 Å². The van der Waals surface area contributed by atoms with E-state index in [2.05, 4.69) is 0 Å². The minimum absolute atomic E-state index is 0.0973. The number of hydrogen-bond donors (Lipinski definition) is 0. The molecule has 1 aromatic carbocycles. The molecule has 11 heteroatoms. The van der Waals surface area contributed by atoms with Crippen molar-refractivity contribution in [2.45, 2.75) is 37.0 Å². The Morgan fingerprint density at radius 3 is 2.30 bits per heavy atom. The fourth-order valence-corrected chi connectivity index (χ4v) is 6.30. The molecule has 1 saturated carbocycles. The standard InChI is InChI=1S/C19H24N4O6S/c24-17-13-19(7-3-4-8-19)18(25)22(17)14-20-9-11-21(12-10-20)30(28,29)16-6-2-1-5-15(16)23(26)27/h1-2,5-6H,3-4,7-14H2. The lowest BCUT2D eigenvalue weighted by Gasteiger charge is -2.35. The Labute approximate surface area is 174 Å². The van der Waals surface area contributed by atoms with Crippen LogP contribution in [0.5, 0.6) is 0 Å². The van der Waals surface area contributed by atoms with E-state index in [1.165, 1.54) is 33.5 Å². The first-order chi connectivity index (χ1) is 14.2. The maximum absolute atomic E-state index is 12.9. The highest BCUT2D eigenvalue weighted by Gasteiger charge is 2.52. The molecule has 2 heterocycles. The number of sulfonamides is 1. The quantitative estimate of drug-likeness (QED) is 0.386. The zero-order chi connectivity index (χ0) is 21.5. The normalized spacial score (nSPS) is 22.9. The average molecular weight is 436 g/mol. The van der Waals surface area contributed by atoms with Gasteiger partial charge < -0.3 is 0 Å². The van der Waals surface area contributed by atoms with Crippen LogP contribution in [0, 0.1) is 15.5 Å². The van der Waals surface area contributed by atoms with Gasteiger partial charge in [0.25, 0.3) is 5.69 Å². The SMILES string of the molecule is O=C1CC2(CCCC2)C(=O)N1CN1CCN(S(=O)(=O)c2ccccc2[N+](=O)[O-])CC1. The summed E-state index contributed by atoms with van der Waals surface area (Å²) < 4.78 is 27.1. The van der Waals surface area contributed by atoms with Crippen LogP contribution in [0.15, 0.2) is 29.2 Å². The third kappa shape index (κ3) is 3.50. The molecule has 0 unspecified atom stereocenters. The number of imide groups is 1. The zero-order valence-corrected chi connectivity index (χ0v) is 17.3. The highest BCUT2D eigenvalue weighted by molar-refractivity contribution is 7.89. The number of likely N-dealkylation sites (tertiary alicyclic amines) is 1. The van der Waals surface area contributed by atoms with Gasteiger partial charge in [-0.2, -0.15) is 4.31 Å². The molecule has 3 aliphatic rings. The predicted octanol–water partition coefficient (Wildman–Crippen LogP) is 1.18. The second-order valence-electron chi connectivity index (χ2n) is 8.18. The van der Waals surface area contributed by atoms with Gasteiger partial charge in [0.1, 0.15) is 0 Å². The molecule has 1 aliphatic carbocycles. The van der Waals surface area contributed by atoms with Crippen LogP contribution < -0.4 is 0 Å². The van der Waals surface area contributed by atoms with Crippen molar-refractivity contribution in [1.82, 2.24) is 14.1 Å². The van der Waals surface area contributed by atoms with Gasteiger partial charge in [-0.1, -0.05) is 25.0 Å². The number of nitro benzene ring substituents is 1. The number of rotatable bonds is 5. The van der Waals surface area contributed by atoms with Crippen LogP contribution in [0.3, 0.4) is 0 Å². The number of piperazine rings is 1. The fourth-order valence-electron chi connectivity index (χ4n) is 4.72. The monoisotopic (exact) mass is 436 g/mol. The summed E-state index contributed by atoms with van der Waals surface area (Å²) in [5.41, 5.74) is -0.968. The lowest BCUT2D eigenvalue weighted by molar-refractivity contribution is -0.387. The molecular formula is C19H24N4O6S. The van der Waals surface area contributed by atoms with Crippen molar-refractivity contribution in [3.63, 3.8) is 0 Å². The highest BCUT2D eigenvalue weighted by Crippen LogP contribution is 2.46. The predicted molar refractivity (Wildman–Crippen MR) is 106 cm³/mol. The van der Waals surface area contributed by atoms with Gasteiger partial charge in [0.05, 0.1) is 17.0 Å². The molecular weight excluding hydrogens is 412 g/mol. The number of hydrogen-bond acceptors (Lipinski definition) is 7. The van der Waals surface area contributed by atoms with Gasteiger partial charge in [-0.15, -0.1) is 0 Å². The number of carbonyl (C=O) groups is 2. The van der Waals surface area contributed by atoms with Crippen molar-refractivity contribution in [1.29, 1.82) is 0 Å². The summed E-state index contributed by atoms with van der Waals surface area (Å²) >= 11 is 0. The molecule has 3 fully saturated rings. The van der Waals surface area contributed by atoms with Crippen LogP contribution in [0.25, 0.3) is 0 Å². The Balaban J connectivity index is 1.42. The minimum Gasteiger partial charge on any atom is -0.283 e. The smallest absolute Gasteiger partial charge is 0.283 e. The van der Waals surface area contributed by atoms with Gasteiger partial charge >= 0.3 is 0 Å². The average Bonchev–Trinajstić information content (AvgIpc) is 3.29. The topological polar surface area (TPSA) is 121 Å². The van der Waals surface area contributed by atoms with Crippen LogP contribution in [0.2, 0.25) is 0 Å². The molecule has 30 heavy (non-hydrogen) atoms. The largest absolute Gasteiger partial charge is 0.289 e. The van der Waals surface area contributed by atoms with E-state index in [4.69, 9.17) is 0 Å². The van der Waals surface area contributed by atoms with Gasteiger partial charge in [0.2, 0.25) is 21.8 Å². The van der Waals surface area contributed by atoms with Gasteiger partial charge in [0, 0.05) is 38.7 Å². The minimum atomic E-state index is -4.01. The summed E-state index contributed by atoms with van der Waals surface area (Å²) in [6.07, 6.45) is 3.73. The van der Waals surface area contributed by atoms with Gasteiger partial charge in [-0.05, 0) is 18.9 Å². The van der Waals surface area contributed by atoms with Crippen molar-refractivity contribution in [2.75, 3.05) is 32.8 Å². The maximum Gasteiger partial charge on any atom is 0.289 e. The molecule has 1 aromatic rings. The van der Waals surface area contributed by atoms with Crippen LogP contribution in [0.4, 0.5) is 5.69 Å². The summed E-state index contributed by atoms with van der Waals surface area (Å²) in [7, 11) is -4.01. The third-order valence-electron chi connectivity index (χ3n) is 6.40. The van der Waals surface area contributed by atoms with Gasteiger partial charge in [-0.3, -0.25) is 29.5 Å². The molecule has 4 rings (SSSR count). The van der Waals surface area contributed by atoms with E-state index in [1.54, 1.807) is 0 Å². The third-order valence-corrected chi connectivity index (χ3v) is 8.35. The van der Waals surface area contributed by atoms with Crippen LogP contribution in [0.1, 0.15) is 32.1 Å². The Morgan fingerprint density at radius 2 is 1.67 bits per heavy atom. The number of para-hydroxylation sites is 1. The van der Waals surface area contributed by atoms with E-state index in [1.807, 2.05) is 4.90 Å². The van der Waals surface area contributed by atoms with E-state index < -0.39 is 26.0 Å². The van der Waals surface area contributed by atoms with Crippen molar-refractivity contribution in [2.24, 2.45) is 5.41 Å². The summed E-state index contributed by atoms with van der Waals surface area (Å²) in [5, 5.41) is 11.2. The number of nitro groups is 1. The van der Waals surface area contributed by atoms with E-state index in [-0.39, 0.29) is 42.9 Å². The molecule has 162 valence electrons. The molecule has 1 spiro atoms. The Hall–Kier alpha value is -2.37. The number of amides is 2. The molecule has 10 nitrogen and oxygen atoms in total. The van der Waals surface area contributed by atoms with Crippen LogP contribution in [-0.4, -0.2) is 72.1 Å². The number of nitrogens with zero attached hydrogens (tertiary/aromatic N) is 4. The molecule has 0 bridgehead atoms. The molecule has 2 aliphatic heterocycles. The van der Waals surface area contributed by atoms with Crippen molar-refractivity contribution in [3.05, 3.63) is 34.4 Å². The Morgan fingerprint density at radius 1 is 1.03 bits per heavy atom. The second kappa shape index (κ2) is 7.71. The molecule has 0 aromatic heterocycles. The first kappa shape index (κ1) is 20.9. The lowest BCUT2D eigenvalue weighted by Crippen LogP contribution is -2.52. The summed E-state index contributed by atoms with van der Waals surface area (Å²) in [4.78, 5) is 38.7. The fraction of sp³-hybridized carbons (Fsp3) is 0.579. The maximum atomic E-state index is 12.9. The zero-order valence-electron chi connectivity index (χ0n) is 16.5. The highest BCUT2D eigenvalue weighted by atomic mass is 32.2. The van der Waals surface area contributed by atoms with Crippen LogP contribution in [-0.2, 0) is 19.6 Å². The van der Waals surface area contributed by atoms with E-state index in [0.29, 0.717) is 13.1 Å². The van der Waals surface area contributed by atoms with Crippen LogP contribution >= 0.6 is 0 Å². The van der Waals surface area contributed by atoms with E-state index in [9.17, 15) is 28.1 Å². The first-order valence-corrected chi connectivity index (χ1v) is 11.5. The molecule has 0 N–H and O–H groups in total. The number of carbonyl (C=O) groups excluding carboxylic acids is 2. The van der Waals surface area contributed by atoms with E-state index >= 15 is 0 Å². The van der Waals surface area contributed by atoms with Crippen molar-refractivity contribution >= 4 is 27.5 Å². The van der Waals surface area contributed by atoms with Gasteiger partial charge in [-0.25, -0.2) is 8.42 Å². The second-order valence-corrected chi connectivity index (χ2v) is 10.1. The Kier molecular flexibility index (Phi) is 5.37. The first-order valence-electron chi connectivity index (χ1n) is 10.1. The summed E-state index contributed by atoms with van der Waals surface area (Å²) in [6.45, 7) is 1.11. The van der Waals surface area contributed by atoms with E-state index in [0.717, 1.165) is 25.7 Å². The molecule has 2 amide bonds. The molecule has 2 saturated heterocycles. The Bertz CT molecular complexity index is 980. The van der Waals surface area contributed by atoms with Gasteiger partial charge in [0.15, 0.2) is 4.90 Å². The molecule has 0 atom stereocenters. The molecule has 0 radical (unpaired) electrons. The lowest BCUT2D eigenvalue weighted by atomic mass is 9.85.